The van der Waals surface area contributed by atoms with Crippen LogP contribution in [0.15, 0.2) is 15.8 Å². The SMILES string of the molecule is NCc1cn(CC2CCSCC2)c(=O)[nH]c1=O. The van der Waals surface area contributed by atoms with Crippen LogP contribution >= 0.6 is 11.8 Å². The summed E-state index contributed by atoms with van der Waals surface area (Å²) < 4.78 is 1.59. The first-order valence-electron chi connectivity index (χ1n) is 5.81. The first-order chi connectivity index (χ1) is 8.20. The summed E-state index contributed by atoms with van der Waals surface area (Å²) in [5, 5.41) is 0. The highest BCUT2D eigenvalue weighted by Crippen LogP contribution is 2.23. The Bertz CT molecular complexity index is 488. The maximum absolute atomic E-state index is 11.6. The Labute approximate surface area is 103 Å². The lowest BCUT2D eigenvalue weighted by Crippen LogP contribution is -2.34. The third kappa shape index (κ3) is 3.01. The molecule has 2 heterocycles. The van der Waals surface area contributed by atoms with Gasteiger partial charge in [-0.05, 0) is 30.3 Å². The van der Waals surface area contributed by atoms with Crippen LogP contribution < -0.4 is 17.0 Å². The van der Waals surface area contributed by atoms with Crippen LogP contribution in [0.3, 0.4) is 0 Å². The van der Waals surface area contributed by atoms with E-state index in [2.05, 4.69) is 4.98 Å². The molecule has 1 saturated heterocycles. The minimum atomic E-state index is -0.368. The van der Waals surface area contributed by atoms with E-state index in [1.54, 1.807) is 10.8 Å². The van der Waals surface area contributed by atoms with Crippen LogP contribution in [0.5, 0.6) is 0 Å². The second-order valence-corrected chi connectivity index (χ2v) is 5.55. The van der Waals surface area contributed by atoms with Crippen molar-refractivity contribution < 1.29 is 0 Å². The maximum atomic E-state index is 11.6. The van der Waals surface area contributed by atoms with Gasteiger partial charge in [0.25, 0.3) is 5.56 Å². The second kappa shape index (κ2) is 5.55. The van der Waals surface area contributed by atoms with E-state index in [9.17, 15) is 9.59 Å². The first-order valence-corrected chi connectivity index (χ1v) is 6.96. The lowest BCUT2D eigenvalue weighted by molar-refractivity contribution is 0.405. The highest BCUT2D eigenvalue weighted by Gasteiger charge is 2.15. The minimum absolute atomic E-state index is 0.163. The number of rotatable bonds is 3. The molecule has 0 aliphatic carbocycles. The van der Waals surface area contributed by atoms with Gasteiger partial charge < -0.3 is 5.73 Å². The van der Waals surface area contributed by atoms with Gasteiger partial charge in [-0.15, -0.1) is 0 Å². The van der Waals surface area contributed by atoms with Crippen molar-refractivity contribution in [1.29, 1.82) is 0 Å². The normalized spacial score (nSPS) is 17.2. The molecule has 94 valence electrons. The molecule has 0 saturated carbocycles. The predicted molar refractivity (Wildman–Crippen MR) is 69.3 cm³/mol. The zero-order valence-corrected chi connectivity index (χ0v) is 10.5. The number of thioether (sulfide) groups is 1. The molecular formula is C11H17N3O2S. The van der Waals surface area contributed by atoms with E-state index in [1.165, 1.54) is 0 Å². The molecule has 17 heavy (non-hydrogen) atoms. The molecule has 1 aromatic heterocycles. The second-order valence-electron chi connectivity index (χ2n) is 4.33. The molecule has 5 nitrogen and oxygen atoms in total. The molecule has 1 fully saturated rings. The monoisotopic (exact) mass is 255 g/mol. The Balaban J connectivity index is 2.19. The van der Waals surface area contributed by atoms with E-state index >= 15 is 0 Å². The Hall–Kier alpha value is -1.01. The van der Waals surface area contributed by atoms with E-state index in [-0.39, 0.29) is 17.8 Å². The summed E-state index contributed by atoms with van der Waals surface area (Å²) in [5.74, 6) is 2.85. The van der Waals surface area contributed by atoms with E-state index < -0.39 is 0 Å². The summed E-state index contributed by atoms with van der Waals surface area (Å²) in [6.45, 7) is 0.847. The Morgan fingerprint density at radius 1 is 1.41 bits per heavy atom. The quantitative estimate of drug-likeness (QED) is 0.805. The van der Waals surface area contributed by atoms with Crippen molar-refractivity contribution >= 4 is 11.8 Å². The largest absolute Gasteiger partial charge is 0.328 e. The van der Waals surface area contributed by atoms with Gasteiger partial charge in [-0.3, -0.25) is 14.3 Å². The molecule has 1 aliphatic rings. The van der Waals surface area contributed by atoms with E-state index in [0.717, 1.165) is 24.3 Å². The number of nitrogens with zero attached hydrogens (tertiary/aromatic N) is 1. The molecule has 0 atom stereocenters. The van der Waals surface area contributed by atoms with Crippen molar-refractivity contribution in [3.05, 3.63) is 32.6 Å². The Kier molecular flexibility index (Phi) is 4.06. The fourth-order valence-corrected chi connectivity index (χ4v) is 3.25. The van der Waals surface area contributed by atoms with Crippen LogP contribution in [-0.4, -0.2) is 21.1 Å². The van der Waals surface area contributed by atoms with Gasteiger partial charge in [0.2, 0.25) is 0 Å². The van der Waals surface area contributed by atoms with Gasteiger partial charge in [0, 0.05) is 24.8 Å². The smallest absolute Gasteiger partial charge is 0.326 e. The molecule has 0 bridgehead atoms. The number of aromatic nitrogens is 2. The highest BCUT2D eigenvalue weighted by atomic mass is 32.2. The Morgan fingerprint density at radius 3 is 2.76 bits per heavy atom. The summed E-state index contributed by atoms with van der Waals surface area (Å²) in [4.78, 5) is 25.3. The fraction of sp³-hybridized carbons (Fsp3) is 0.636. The van der Waals surface area contributed by atoms with Crippen LogP contribution in [0.25, 0.3) is 0 Å². The predicted octanol–water partition coefficient (Wildman–Crippen LogP) is 0.138. The standard InChI is InChI=1S/C11H17N3O2S/c12-5-9-7-14(11(16)13-10(9)15)6-8-1-3-17-4-2-8/h7-8H,1-6,12H2,(H,13,15,16). The lowest BCUT2D eigenvalue weighted by Gasteiger charge is -2.22. The number of nitrogens with one attached hydrogen (secondary N) is 1. The average molecular weight is 255 g/mol. The third-order valence-corrected chi connectivity index (χ3v) is 4.15. The average Bonchev–Trinajstić information content (AvgIpc) is 2.34. The molecule has 1 aliphatic heterocycles. The van der Waals surface area contributed by atoms with Gasteiger partial charge in [0.05, 0.1) is 0 Å². The van der Waals surface area contributed by atoms with Crippen LogP contribution in [0, 0.1) is 5.92 Å². The fourth-order valence-electron chi connectivity index (χ4n) is 2.04. The van der Waals surface area contributed by atoms with Gasteiger partial charge >= 0.3 is 5.69 Å². The molecule has 0 aromatic carbocycles. The van der Waals surface area contributed by atoms with Crippen molar-refractivity contribution in [2.24, 2.45) is 11.7 Å². The van der Waals surface area contributed by atoms with Crippen LogP contribution in [0.4, 0.5) is 0 Å². The topological polar surface area (TPSA) is 80.9 Å². The number of aromatic amines is 1. The lowest BCUT2D eigenvalue weighted by atomic mass is 10.0. The zero-order valence-electron chi connectivity index (χ0n) is 9.65. The molecule has 0 unspecified atom stereocenters. The van der Waals surface area contributed by atoms with E-state index in [4.69, 9.17) is 5.73 Å². The summed E-state index contributed by atoms with van der Waals surface area (Å²) in [5.41, 5.74) is 5.24. The molecule has 0 radical (unpaired) electrons. The molecule has 0 amide bonds. The summed E-state index contributed by atoms with van der Waals surface area (Å²) in [6, 6.07) is 0. The van der Waals surface area contributed by atoms with Gasteiger partial charge in [-0.25, -0.2) is 4.79 Å². The number of nitrogens with two attached hydrogens (primary N) is 1. The maximum Gasteiger partial charge on any atom is 0.328 e. The van der Waals surface area contributed by atoms with Crippen LogP contribution in [0.1, 0.15) is 18.4 Å². The number of hydrogen-bond donors (Lipinski definition) is 2. The third-order valence-electron chi connectivity index (χ3n) is 3.10. The molecule has 6 heteroatoms. The summed E-state index contributed by atoms with van der Waals surface area (Å²) >= 11 is 1.96. The minimum Gasteiger partial charge on any atom is -0.326 e. The highest BCUT2D eigenvalue weighted by molar-refractivity contribution is 7.99. The summed E-state index contributed by atoms with van der Waals surface area (Å²) in [7, 11) is 0. The molecule has 2 rings (SSSR count). The number of hydrogen-bond acceptors (Lipinski definition) is 4. The number of H-pyrrole nitrogens is 1. The van der Waals surface area contributed by atoms with Gasteiger partial charge in [-0.2, -0.15) is 11.8 Å². The van der Waals surface area contributed by atoms with Crippen LogP contribution in [0.2, 0.25) is 0 Å². The van der Waals surface area contributed by atoms with Crippen molar-refractivity contribution in [3.63, 3.8) is 0 Å². The van der Waals surface area contributed by atoms with Gasteiger partial charge in [0.1, 0.15) is 0 Å². The Morgan fingerprint density at radius 2 is 2.12 bits per heavy atom. The molecule has 3 N–H and O–H groups in total. The van der Waals surface area contributed by atoms with Crippen molar-refractivity contribution in [3.8, 4) is 0 Å². The van der Waals surface area contributed by atoms with Crippen molar-refractivity contribution in [1.82, 2.24) is 9.55 Å². The summed E-state index contributed by atoms with van der Waals surface area (Å²) in [6.07, 6.45) is 3.87. The van der Waals surface area contributed by atoms with Crippen LogP contribution in [-0.2, 0) is 13.1 Å². The zero-order chi connectivity index (χ0) is 12.3. The molecular weight excluding hydrogens is 238 g/mol. The van der Waals surface area contributed by atoms with Crippen molar-refractivity contribution in [2.75, 3.05) is 11.5 Å². The first kappa shape index (κ1) is 12.4. The van der Waals surface area contributed by atoms with Crippen molar-refractivity contribution in [2.45, 2.75) is 25.9 Å². The van der Waals surface area contributed by atoms with E-state index in [0.29, 0.717) is 18.0 Å². The van der Waals surface area contributed by atoms with Gasteiger partial charge in [0.15, 0.2) is 0 Å². The van der Waals surface area contributed by atoms with E-state index in [1.807, 2.05) is 11.8 Å². The van der Waals surface area contributed by atoms with Gasteiger partial charge in [-0.1, -0.05) is 0 Å². The molecule has 1 aromatic rings. The molecule has 0 spiro atoms.